The highest BCUT2D eigenvalue weighted by atomic mass is 16.5. The van der Waals surface area contributed by atoms with Crippen molar-refractivity contribution in [2.75, 3.05) is 19.8 Å². The number of nitrogens with one attached hydrogen (secondary N) is 1. The summed E-state index contributed by atoms with van der Waals surface area (Å²) in [7, 11) is 0. The Balaban J connectivity index is 1.68. The first-order valence-electron chi connectivity index (χ1n) is 8.39. The van der Waals surface area contributed by atoms with E-state index in [1.807, 2.05) is 55.5 Å². The lowest BCUT2D eigenvalue weighted by molar-refractivity contribution is 0.0947. The summed E-state index contributed by atoms with van der Waals surface area (Å²) < 4.78 is 11.2. The fourth-order valence-corrected chi connectivity index (χ4v) is 2.11. The summed E-state index contributed by atoms with van der Waals surface area (Å²) in [5.74, 6) is 1.53. The van der Waals surface area contributed by atoms with Crippen LogP contribution in [0.3, 0.4) is 0 Å². The van der Waals surface area contributed by atoms with Gasteiger partial charge in [-0.1, -0.05) is 31.0 Å². The molecule has 0 saturated heterocycles. The van der Waals surface area contributed by atoms with Gasteiger partial charge in [-0.15, -0.1) is 0 Å². The van der Waals surface area contributed by atoms with Crippen molar-refractivity contribution in [2.45, 2.75) is 26.7 Å². The Bertz CT molecular complexity index is 620. The van der Waals surface area contributed by atoms with Gasteiger partial charge in [0.25, 0.3) is 5.91 Å². The number of carbonyl (C=O) groups is 1. The van der Waals surface area contributed by atoms with E-state index in [1.54, 1.807) is 0 Å². The highest BCUT2D eigenvalue weighted by Crippen LogP contribution is 2.17. The second kappa shape index (κ2) is 9.60. The lowest BCUT2D eigenvalue weighted by Gasteiger charge is -2.09. The van der Waals surface area contributed by atoms with Gasteiger partial charge in [-0.2, -0.15) is 0 Å². The van der Waals surface area contributed by atoms with Crippen molar-refractivity contribution in [1.82, 2.24) is 5.32 Å². The molecule has 128 valence electrons. The van der Waals surface area contributed by atoms with E-state index in [4.69, 9.17) is 9.47 Å². The van der Waals surface area contributed by atoms with Gasteiger partial charge in [-0.3, -0.25) is 4.79 Å². The van der Waals surface area contributed by atoms with Crippen LogP contribution in [-0.2, 0) is 0 Å². The third-order valence-corrected chi connectivity index (χ3v) is 3.56. The van der Waals surface area contributed by atoms with Crippen LogP contribution >= 0.6 is 0 Å². The van der Waals surface area contributed by atoms with Gasteiger partial charge in [0.1, 0.15) is 18.1 Å². The third-order valence-electron chi connectivity index (χ3n) is 3.56. The normalized spacial score (nSPS) is 10.2. The first-order chi connectivity index (χ1) is 11.7. The molecule has 0 aliphatic heterocycles. The highest BCUT2D eigenvalue weighted by molar-refractivity contribution is 5.94. The van der Waals surface area contributed by atoms with Crippen molar-refractivity contribution >= 4 is 5.91 Å². The van der Waals surface area contributed by atoms with Crippen molar-refractivity contribution in [2.24, 2.45) is 0 Å². The summed E-state index contributed by atoms with van der Waals surface area (Å²) in [6, 6.07) is 15.1. The molecule has 0 spiro atoms. The predicted molar refractivity (Wildman–Crippen MR) is 95.9 cm³/mol. The van der Waals surface area contributed by atoms with Crippen molar-refractivity contribution in [3.63, 3.8) is 0 Å². The summed E-state index contributed by atoms with van der Waals surface area (Å²) in [5.41, 5.74) is 1.80. The number of aryl methyl sites for hydroxylation is 1. The minimum Gasteiger partial charge on any atom is -0.494 e. The number of rotatable bonds is 9. The molecule has 0 saturated carbocycles. The Morgan fingerprint density at radius 2 is 1.50 bits per heavy atom. The zero-order valence-corrected chi connectivity index (χ0v) is 14.4. The smallest absolute Gasteiger partial charge is 0.251 e. The van der Waals surface area contributed by atoms with Gasteiger partial charge >= 0.3 is 0 Å². The molecule has 0 bridgehead atoms. The molecule has 0 unspecified atom stereocenters. The Labute approximate surface area is 143 Å². The van der Waals surface area contributed by atoms with E-state index in [0.29, 0.717) is 18.7 Å². The number of unbranched alkanes of at least 4 members (excludes halogenated alkanes) is 1. The fraction of sp³-hybridized carbons (Fsp3) is 0.350. The maximum absolute atomic E-state index is 12.0. The molecule has 0 radical (unpaired) electrons. The number of carbonyl (C=O) groups excluding carboxylic acids is 1. The molecule has 0 fully saturated rings. The van der Waals surface area contributed by atoms with Crippen LogP contribution in [-0.4, -0.2) is 25.7 Å². The van der Waals surface area contributed by atoms with E-state index in [2.05, 4.69) is 12.2 Å². The average molecular weight is 327 g/mol. The van der Waals surface area contributed by atoms with Crippen LogP contribution in [0.5, 0.6) is 11.5 Å². The van der Waals surface area contributed by atoms with Crippen molar-refractivity contribution in [1.29, 1.82) is 0 Å². The molecular weight excluding hydrogens is 302 g/mol. The van der Waals surface area contributed by atoms with Gasteiger partial charge in [0.05, 0.1) is 13.2 Å². The van der Waals surface area contributed by atoms with Crippen LogP contribution in [0, 0.1) is 6.92 Å². The Kier molecular flexibility index (Phi) is 7.15. The van der Waals surface area contributed by atoms with Gasteiger partial charge in [-0.05, 0) is 49.7 Å². The number of hydrogen-bond acceptors (Lipinski definition) is 3. The summed E-state index contributed by atoms with van der Waals surface area (Å²) in [6.07, 6.45) is 2.18. The van der Waals surface area contributed by atoms with Gasteiger partial charge in [0.2, 0.25) is 0 Å². The largest absolute Gasteiger partial charge is 0.494 e. The number of hydrogen-bond donors (Lipinski definition) is 1. The quantitative estimate of drug-likeness (QED) is 0.709. The standard InChI is InChI=1S/C20H25NO3/c1-3-4-14-23-18-9-11-19(12-10-18)24-15-13-21-20(22)17-7-5-16(2)6-8-17/h5-12H,3-4,13-15H2,1-2H3,(H,21,22). The van der Waals surface area contributed by atoms with E-state index >= 15 is 0 Å². The first kappa shape index (κ1) is 17.9. The van der Waals surface area contributed by atoms with Crippen molar-refractivity contribution in [3.8, 4) is 11.5 Å². The van der Waals surface area contributed by atoms with Crippen LogP contribution in [0.15, 0.2) is 48.5 Å². The van der Waals surface area contributed by atoms with Crippen molar-refractivity contribution in [3.05, 3.63) is 59.7 Å². The minimum atomic E-state index is -0.0849. The molecule has 2 aromatic rings. The average Bonchev–Trinajstić information content (AvgIpc) is 2.60. The zero-order valence-electron chi connectivity index (χ0n) is 14.4. The zero-order chi connectivity index (χ0) is 17.2. The van der Waals surface area contributed by atoms with Crippen LogP contribution in [0.25, 0.3) is 0 Å². The molecule has 24 heavy (non-hydrogen) atoms. The molecule has 0 atom stereocenters. The first-order valence-corrected chi connectivity index (χ1v) is 8.39. The van der Waals surface area contributed by atoms with E-state index in [-0.39, 0.29) is 5.91 Å². The molecule has 0 aliphatic carbocycles. The number of amides is 1. The monoisotopic (exact) mass is 327 g/mol. The van der Waals surface area contributed by atoms with Crippen LogP contribution < -0.4 is 14.8 Å². The molecule has 4 nitrogen and oxygen atoms in total. The van der Waals surface area contributed by atoms with E-state index in [9.17, 15) is 4.79 Å². The minimum absolute atomic E-state index is 0.0849. The molecule has 0 aliphatic rings. The maximum Gasteiger partial charge on any atom is 0.251 e. The molecule has 1 N–H and O–H groups in total. The van der Waals surface area contributed by atoms with Gasteiger partial charge in [0, 0.05) is 5.56 Å². The van der Waals surface area contributed by atoms with Crippen LogP contribution in [0.4, 0.5) is 0 Å². The van der Waals surface area contributed by atoms with E-state index < -0.39 is 0 Å². The Hall–Kier alpha value is -2.49. The van der Waals surface area contributed by atoms with Gasteiger partial charge < -0.3 is 14.8 Å². The Morgan fingerprint density at radius 3 is 2.08 bits per heavy atom. The highest BCUT2D eigenvalue weighted by Gasteiger charge is 2.04. The van der Waals surface area contributed by atoms with Gasteiger partial charge in [0.15, 0.2) is 0 Å². The molecular formula is C20H25NO3. The second-order valence-electron chi connectivity index (χ2n) is 5.64. The lowest BCUT2D eigenvalue weighted by Crippen LogP contribution is -2.28. The molecule has 1 amide bonds. The molecule has 0 heterocycles. The maximum atomic E-state index is 12.0. The van der Waals surface area contributed by atoms with Gasteiger partial charge in [-0.25, -0.2) is 0 Å². The lowest BCUT2D eigenvalue weighted by atomic mass is 10.1. The summed E-state index contributed by atoms with van der Waals surface area (Å²) in [4.78, 5) is 12.0. The fourth-order valence-electron chi connectivity index (χ4n) is 2.11. The van der Waals surface area contributed by atoms with Crippen LogP contribution in [0.1, 0.15) is 35.7 Å². The third kappa shape index (κ3) is 5.95. The van der Waals surface area contributed by atoms with Crippen molar-refractivity contribution < 1.29 is 14.3 Å². The Morgan fingerprint density at radius 1 is 0.917 bits per heavy atom. The van der Waals surface area contributed by atoms with E-state index in [1.165, 1.54) is 0 Å². The summed E-state index contributed by atoms with van der Waals surface area (Å²) >= 11 is 0. The number of benzene rings is 2. The molecule has 2 rings (SSSR count). The summed E-state index contributed by atoms with van der Waals surface area (Å²) in [6.45, 7) is 5.75. The SMILES string of the molecule is CCCCOc1ccc(OCCNC(=O)c2ccc(C)cc2)cc1. The molecule has 2 aromatic carbocycles. The predicted octanol–water partition coefficient (Wildman–Crippen LogP) is 3.98. The number of ether oxygens (including phenoxy) is 2. The summed E-state index contributed by atoms with van der Waals surface area (Å²) in [5, 5.41) is 2.85. The second-order valence-corrected chi connectivity index (χ2v) is 5.64. The van der Waals surface area contributed by atoms with Crippen LogP contribution in [0.2, 0.25) is 0 Å². The molecule has 4 heteroatoms. The topological polar surface area (TPSA) is 47.6 Å². The molecule has 0 aromatic heterocycles. The van der Waals surface area contributed by atoms with E-state index in [0.717, 1.165) is 36.5 Å².